The largest absolute Gasteiger partial charge is 0.463 e. The normalized spacial score (nSPS) is 12.2. The molecule has 0 bridgehead atoms. The highest BCUT2D eigenvalue weighted by atomic mass is 35.5. The van der Waals surface area contributed by atoms with Crippen molar-refractivity contribution in [1.29, 1.82) is 0 Å². The summed E-state index contributed by atoms with van der Waals surface area (Å²) in [4.78, 5) is 24.0. The van der Waals surface area contributed by atoms with Crippen LogP contribution in [0.2, 0.25) is 5.02 Å². The van der Waals surface area contributed by atoms with Gasteiger partial charge in [0.15, 0.2) is 0 Å². The summed E-state index contributed by atoms with van der Waals surface area (Å²) in [6.07, 6.45) is -0.650. The van der Waals surface area contributed by atoms with E-state index in [1.807, 2.05) is 0 Å². The molecule has 0 aliphatic rings. The van der Waals surface area contributed by atoms with E-state index in [4.69, 9.17) is 21.1 Å². The van der Waals surface area contributed by atoms with Crippen LogP contribution in [0.3, 0.4) is 0 Å². The third kappa shape index (κ3) is 6.32. The molecule has 0 unspecified atom stereocenters. The van der Waals surface area contributed by atoms with Crippen molar-refractivity contribution in [2.45, 2.75) is 39.3 Å². The first-order chi connectivity index (χ1) is 10.6. The number of rotatable bonds is 5. The highest BCUT2D eigenvalue weighted by molar-refractivity contribution is 6.30. The van der Waals surface area contributed by atoms with E-state index >= 15 is 0 Å². The number of carbonyl (C=O) groups excluding carboxylic acids is 2. The van der Waals surface area contributed by atoms with Crippen LogP contribution in [0.25, 0.3) is 0 Å². The number of nitrogens with one attached hydrogen (secondary N) is 1. The Bertz CT molecular complexity index is 575. The summed E-state index contributed by atoms with van der Waals surface area (Å²) in [5.74, 6) is -0.580. The summed E-state index contributed by atoms with van der Waals surface area (Å²) in [7, 11) is 0. The topological polar surface area (TPSA) is 64.6 Å². The number of ether oxygens (including phenoxy) is 2. The average Bonchev–Trinajstić information content (AvgIpc) is 2.43. The minimum atomic E-state index is -0.763. The summed E-state index contributed by atoms with van der Waals surface area (Å²) >= 11 is 5.87. The van der Waals surface area contributed by atoms with Crippen LogP contribution in [0, 0.1) is 0 Å². The molecule has 1 N–H and O–H groups in total. The van der Waals surface area contributed by atoms with Gasteiger partial charge < -0.3 is 14.8 Å². The second kappa shape index (κ2) is 8.02. The van der Waals surface area contributed by atoms with Gasteiger partial charge in [-0.3, -0.25) is 0 Å². The zero-order chi connectivity index (χ0) is 17.6. The lowest BCUT2D eigenvalue weighted by Gasteiger charge is -2.24. The van der Waals surface area contributed by atoms with Crippen LogP contribution in [-0.2, 0) is 14.3 Å². The van der Waals surface area contributed by atoms with Crippen molar-refractivity contribution in [2.24, 2.45) is 0 Å². The summed E-state index contributed by atoms with van der Waals surface area (Å²) in [6, 6.07) is 5.98. The zero-order valence-corrected chi connectivity index (χ0v) is 14.6. The molecule has 0 aliphatic carbocycles. The van der Waals surface area contributed by atoms with Crippen LogP contribution in [-0.4, -0.2) is 24.3 Å². The Kier molecular flexibility index (Phi) is 6.63. The van der Waals surface area contributed by atoms with Gasteiger partial charge in [0.2, 0.25) is 0 Å². The van der Waals surface area contributed by atoms with Gasteiger partial charge in [-0.25, -0.2) is 9.59 Å². The fraction of sp³-hybridized carbons (Fsp3) is 0.412. The monoisotopic (exact) mass is 339 g/mol. The van der Waals surface area contributed by atoms with Crippen molar-refractivity contribution in [3.63, 3.8) is 0 Å². The molecule has 126 valence electrons. The molecule has 1 aromatic rings. The maximum absolute atomic E-state index is 12.0. The maximum Gasteiger partial charge on any atom is 0.408 e. The minimum Gasteiger partial charge on any atom is -0.463 e. The summed E-state index contributed by atoms with van der Waals surface area (Å²) in [6.45, 7) is 10.9. The quantitative estimate of drug-likeness (QED) is 0.650. The van der Waals surface area contributed by atoms with Gasteiger partial charge in [-0.2, -0.15) is 0 Å². The third-order valence-electron chi connectivity index (χ3n) is 2.75. The van der Waals surface area contributed by atoms with Crippen molar-refractivity contribution < 1.29 is 19.1 Å². The van der Waals surface area contributed by atoms with E-state index in [-0.39, 0.29) is 12.2 Å². The van der Waals surface area contributed by atoms with Crippen molar-refractivity contribution in [2.75, 3.05) is 6.61 Å². The summed E-state index contributed by atoms with van der Waals surface area (Å²) in [5, 5.41) is 3.19. The molecule has 0 heterocycles. The van der Waals surface area contributed by atoms with Crippen molar-refractivity contribution in [3.05, 3.63) is 47.0 Å². The van der Waals surface area contributed by atoms with Crippen molar-refractivity contribution >= 4 is 23.7 Å². The Balaban J connectivity index is 3.01. The Morgan fingerprint density at radius 3 is 2.30 bits per heavy atom. The van der Waals surface area contributed by atoms with Gasteiger partial charge in [0.1, 0.15) is 5.60 Å². The number of halogens is 1. The van der Waals surface area contributed by atoms with Gasteiger partial charge in [0.25, 0.3) is 0 Å². The molecule has 0 radical (unpaired) electrons. The molecule has 0 spiro atoms. The Morgan fingerprint density at radius 2 is 1.83 bits per heavy atom. The highest BCUT2D eigenvalue weighted by Gasteiger charge is 2.26. The molecule has 23 heavy (non-hydrogen) atoms. The third-order valence-corrected chi connectivity index (χ3v) is 3.00. The molecule has 1 amide bonds. The second-order valence-electron chi connectivity index (χ2n) is 5.88. The van der Waals surface area contributed by atoms with Gasteiger partial charge in [-0.15, -0.1) is 0 Å². The molecule has 0 saturated heterocycles. The van der Waals surface area contributed by atoms with E-state index in [2.05, 4.69) is 11.9 Å². The number of alkyl carbamates (subject to hydrolysis) is 1. The Labute approximate surface area is 141 Å². The SMILES string of the molecule is C=C(C(=O)OCC)[C@H](NC(=O)OC(C)(C)C)c1ccc(Cl)cc1. The Hall–Kier alpha value is -2.01. The van der Waals surface area contributed by atoms with Crippen LogP contribution in [0.1, 0.15) is 39.3 Å². The van der Waals surface area contributed by atoms with E-state index in [1.165, 1.54) is 0 Å². The Morgan fingerprint density at radius 1 is 1.26 bits per heavy atom. The average molecular weight is 340 g/mol. The fourth-order valence-electron chi connectivity index (χ4n) is 1.79. The number of hydrogen-bond donors (Lipinski definition) is 1. The molecule has 0 aromatic heterocycles. The lowest BCUT2D eigenvalue weighted by Crippen LogP contribution is -2.36. The molecule has 1 atom stereocenters. The van der Waals surface area contributed by atoms with Crippen molar-refractivity contribution in [1.82, 2.24) is 5.32 Å². The van der Waals surface area contributed by atoms with Gasteiger partial charge in [0, 0.05) is 5.02 Å². The van der Waals surface area contributed by atoms with Gasteiger partial charge in [0.05, 0.1) is 18.2 Å². The predicted octanol–water partition coefficient (Wildman–Crippen LogP) is 4.03. The fourth-order valence-corrected chi connectivity index (χ4v) is 1.92. The number of amides is 1. The predicted molar refractivity (Wildman–Crippen MR) is 89.3 cm³/mol. The van der Waals surface area contributed by atoms with Crippen LogP contribution >= 0.6 is 11.6 Å². The van der Waals surface area contributed by atoms with Crippen LogP contribution in [0.5, 0.6) is 0 Å². The molecule has 1 aromatic carbocycles. The van der Waals surface area contributed by atoms with E-state index in [0.717, 1.165) is 0 Å². The number of carbonyl (C=O) groups is 2. The van der Waals surface area contributed by atoms with E-state index in [0.29, 0.717) is 10.6 Å². The minimum absolute atomic E-state index is 0.111. The first-order valence-electron chi connectivity index (χ1n) is 7.25. The van der Waals surface area contributed by atoms with Crippen molar-refractivity contribution in [3.8, 4) is 0 Å². The molecule has 0 fully saturated rings. The molecule has 5 nitrogen and oxygen atoms in total. The van der Waals surface area contributed by atoms with Gasteiger partial charge in [-0.05, 0) is 45.4 Å². The first kappa shape index (κ1) is 19.0. The van der Waals surface area contributed by atoms with Crippen LogP contribution in [0.4, 0.5) is 4.79 Å². The highest BCUT2D eigenvalue weighted by Crippen LogP contribution is 2.24. The maximum atomic E-state index is 12.0. The summed E-state index contributed by atoms with van der Waals surface area (Å²) < 4.78 is 10.2. The molecule has 6 heteroatoms. The number of benzene rings is 1. The van der Waals surface area contributed by atoms with Crippen LogP contribution in [0.15, 0.2) is 36.4 Å². The molecule has 0 saturated carbocycles. The second-order valence-corrected chi connectivity index (χ2v) is 6.31. The first-order valence-corrected chi connectivity index (χ1v) is 7.62. The van der Waals surface area contributed by atoms with Crippen LogP contribution < -0.4 is 5.32 Å². The zero-order valence-electron chi connectivity index (χ0n) is 13.8. The lowest BCUT2D eigenvalue weighted by molar-refractivity contribution is -0.138. The van der Waals surface area contributed by atoms with E-state index < -0.39 is 23.7 Å². The molecular weight excluding hydrogens is 318 g/mol. The number of esters is 1. The summed E-state index contributed by atoms with van der Waals surface area (Å²) in [5.41, 5.74) is 0.109. The molecule has 0 aliphatic heterocycles. The molecular formula is C17H22ClNO4. The smallest absolute Gasteiger partial charge is 0.408 e. The van der Waals surface area contributed by atoms with E-state index in [9.17, 15) is 9.59 Å². The standard InChI is InChI=1S/C17H22ClNO4/c1-6-22-15(20)11(2)14(12-7-9-13(18)10-8-12)19-16(21)23-17(3,4)5/h7-10,14H,2,6H2,1,3-5H3,(H,19,21)/t14-/m0/s1. The van der Waals surface area contributed by atoms with Gasteiger partial charge in [-0.1, -0.05) is 30.3 Å². The van der Waals surface area contributed by atoms with E-state index in [1.54, 1.807) is 52.0 Å². The van der Waals surface area contributed by atoms with Gasteiger partial charge >= 0.3 is 12.1 Å². The lowest BCUT2D eigenvalue weighted by atomic mass is 10.00. The number of hydrogen-bond acceptors (Lipinski definition) is 4. The molecule has 1 rings (SSSR count).